The highest BCUT2D eigenvalue weighted by Crippen LogP contribution is 2.13. The van der Waals surface area contributed by atoms with Crippen LogP contribution < -0.4 is 10.6 Å². The van der Waals surface area contributed by atoms with Crippen molar-refractivity contribution < 1.29 is 24.9 Å². The van der Waals surface area contributed by atoms with Gasteiger partial charge >= 0.3 is 0 Å². The van der Waals surface area contributed by atoms with Crippen molar-refractivity contribution in [2.75, 3.05) is 26.4 Å². The third-order valence-electron chi connectivity index (χ3n) is 2.93. The number of aliphatic hydroxyl groups excluding tert-OH is 3. The average molecular weight is 246 g/mol. The van der Waals surface area contributed by atoms with Crippen molar-refractivity contribution in [3.63, 3.8) is 0 Å². The number of hydrogen-bond donors (Lipinski definition) is 5. The molecular formula is C10H18N2O5. The number of carbonyl (C=O) groups excluding carboxylic acids is 2. The normalized spacial score (nSPS) is 20.9. The quantitative estimate of drug-likeness (QED) is 0.363. The molecule has 0 aliphatic carbocycles. The zero-order valence-electron chi connectivity index (χ0n) is 9.48. The highest BCUT2D eigenvalue weighted by Gasteiger charge is 2.33. The lowest BCUT2D eigenvalue weighted by molar-refractivity contribution is -0.132. The van der Waals surface area contributed by atoms with Crippen molar-refractivity contribution in [2.45, 2.75) is 18.4 Å². The van der Waals surface area contributed by atoms with Crippen LogP contribution in [0.5, 0.6) is 0 Å². The molecule has 7 heteroatoms. The topological polar surface area (TPSA) is 119 Å². The molecule has 1 aliphatic rings. The van der Waals surface area contributed by atoms with Gasteiger partial charge in [0.05, 0.1) is 25.7 Å². The first-order valence-corrected chi connectivity index (χ1v) is 5.48. The van der Waals surface area contributed by atoms with Gasteiger partial charge in [-0.05, 0) is 6.42 Å². The zero-order chi connectivity index (χ0) is 12.9. The van der Waals surface area contributed by atoms with E-state index in [0.29, 0.717) is 6.42 Å². The Morgan fingerprint density at radius 1 is 1.35 bits per heavy atom. The maximum absolute atomic E-state index is 11.8. The molecule has 2 amide bonds. The van der Waals surface area contributed by atoms with Crippen molar-refractivity contribution in [2.24, 2.45) is 5.92 Å². The summed E-state index contributed by atoms with van der Waals surface area (Å²) in [5.41, 5.74) is -1.40. The Hall–Kier alpha value is -1.18. The van der Waals surface area contributed by atoms with E-state index in [-0.39, 0.29) is 24.8 Å². The second kappa shape index (κ2) is 5.95. The van der Waals surface area contributed by atoms with E-state index < -0.39 is 31.3 Å². The van der Waals surface area contributed by atoms with Crippen LogP contribution in [0.4, 0.5) is 0 Å². The molecule has 0 bridgehead atoms. The molecule has 98 valence electrons. The molecule has 17 heavy (non-hydrogen) atoms. The SMILES string of the molecule is O=C1CCC(C(=O)NC(CO)(CO)CO)CN1. The Balaban J connectivity index is 2.55. The van der Waals surface area contributed by atoms with Crippen molar-refractivity contribution in [3.05, 3.63) is 0 Å². The molecule has 0 radical (unpaired) electrons. The van der Waals surface area contributed by atoms with Crippen LogP contribution in [-0.4, -0.2) is 59.0 Å². The standard InChI is InChI=1S/C10H18N2O5/c13-4-10(5-14,6-15)12-9(17)7-1-2-8(16)11-3-7/h7,13-15H,1-6H2,(H,11,16)(H,12,17). The summed E-state index contributed by atoms with van der Waals surface area (Å²) in [6, 6.07) is 0. The minimum atomic E-state index is -1.40. The molecule has 0 aromatic rings. The first-order chi connectivity index (χ1) is 8.06. The molecule has 0 aromatic heterocycles. The van der Waals surface area contributed by atoms with Gasteiger partial charge in [-0.2, -0.15) is 0 Å². The fourth-order valence-corrected chi connectivity index (χ4v) is 1.59. The molecule has 0 saturated carbocycles. The fourth-order valence-electron chi connectivity index (χ4n) is 1.59. The number of aliphatic hydroxyl groups is 3. The Labute approximate surface area is 98.8 Å². The van der Waals surface area contributed by atoms with E-state index in [1.807, 2.05) is 0 Å². The largest absolute Gasteiger partial charge is 0.394 e. The molecular weight excluding hydrogens is 228 g/mol. The van der Waals surface area contributed by atoms with E-state index >= 15 is 0 Å². The third-order valence-corrected chi connectivity index (χ3v) is 2.93. The number of rotatable bonds is 5. The van der Waals surface area contributed by atoms with Crippen LogP contribution in [0.1, 0.15) is 12.8 Å². The van der Waals surface area contributed by atoms with Gasteiger partial charge in [-0.25, -0.2) is 0 Å². The van der Waals surface area contributed by atoms with Crippen LogP contribution in [0.15, 0.2) is 0 Å². The Morgan fingerprint density at radius 2 is 1.94 bits per heavy atom. The number of piperidine rings is 1. The smallest absolute Gasteiger partial charge is 0.225 e. The fraction of sp³-hybridized carbons (Fsp3) is 0.800. The van der Waals surface area contributed by atoms with Crippen molar-refractivity contribution in [1.82, 2.24) is 10.6 Å². The second-order valence-electron chi connectivity index (χ2n) is 4.28. The Bertz CT molecular complexity index is 272. The highest BCUT2D eigenvalue weighted by molar-refractivity contribution is 5.84. The lowest BCUT2D eigenvalue weighted by Crippen LogP contribution is -2.59. The van der Waals surface area contributed by atoms with Gasteiger partial charge in [0.15, 0.2) is 0 Å². The number of nitrogens with one attached hydrogen (secondary N) is 2. The van der Waals surface area contributed by atoms with Gasteiger partial charge in [-0.3, -0.25) is 9.59 Å². The summed E-state index contributed by atoms with van der Waals surface area (Å²) >= 11 is 0. The van der Waals surface area contributed by atoms with E-state index in [1.54, 1.807) is 0 Å². The van der Waals surface area contributed by atoms with Gasteiger partial charge < -0.3 is 26.0 Å². The minimum Gasteiger partial charge on any atom is -0.394 e. The van der Waals surface area contributed by atoms with Crippen LogP contribution in [0, 0.1) is 5.92 Å². The Kier molecular flexibility index (Phi) is 4.86. The van der Waals surface area contributed by atoms with Crippen LogP contribution in [0.3, 0.4) is 0 Å². The summed E-state index contributed by atoms with van der Waals surface area (Å²) in [4.78, 5) is 22.7. The summed E-state index contributed by atoms with van der Waals surface area (Å²) in [7, 11) is 0. The van der Waals surface area contributed by atoms with Crippen molar-refractivity contribution in [3.8, 4) is 0 Å². The summed E-state index contributed by atoms with van der Waals surface area (Å²) in [5.74, 6) is -0.870. The van der Waals surface area contributed by atoms with Crippen molar-refractivity contribution in [1.29, 1.82) is 0 Å². The molecule has 1 fully saturated rings. The van der Waals surface area contributed by atoms with E-state index in [2.05, 4.69) is 10.6 Å². The first kappa shape index (κ1) is 13.9. The number of carbonyl (C=O) groups is 2. The molecule has 1 saturated heterocycles. The third kappa shape index (κ3) is 3.39. The molecule has 0 aromatic carbocycles. The van der Waals surface area contributed by atoms with Crippen LogP contribution in [0.2, 0.25) is 0 Å². The summed E-state index contributed by atoms with van der Waals surface area (Å²) in [6.45, 7) is -1.41. The van der Waals surface area contributed by atoms with Crippen LogP contribution in [-0.2, 0) is 9.59 Å². The molecule has 1 atom stereocenters. The van der Waals surface area contributed by atoms with Gasteiger partial charge in [0.2, 0.25) is 11.8 Å². The maximum atomic E-state index is 11.8. The zero-order valence-corrected chi connectivity index (χ0v) is 9.48. The second-order valence-corrected chi connectivity index (χ2v) is 4.28. The van der Waals surface area contributed by atoms with E-state index in [1.165, 1.54) is 0 Å². The molecule has 5 N–H and O–H groups in total. The van der Waals surface area contributed by atoms with Gasteiger partial charge in [0, 0.05) is 13.0 Å². The van der Waals surface area contributed by atoms with E-state index in [0.717, 1.165) is 0 Å². The predicted molar refractivity (Wildman–Crippen MR) is 57.9 cm³/mol. The predicted octanol–water partition coefficient (Wildman–Crippen LogP) is -2.66. The molecule has 7 nitrogen and oxygen atoms in total. The lowest BCUT2D eigenvalue weighted by atomic mass is 9.95. The minimum absolute atomic E-state index is 0.0909. The van der Waals surface area contributed by atoms with Crippen LogP contribution in [0.25, 0.3) is 0 Å². The van der Waals surface area contributed by atoms with Gasteiger partial charge in [-0.1, -0.05) is 0 Å². The monoisotopic (exact) mass is 246 g/mol. The number of hydrogen-bond acceptors (Lipinski definition) is 5. The summed E-state index contributed by atoms with van der Waals surface area (Å²) < 4.78 is 0. The molecule has 0 spiro atoms. The van der Waals surface area contributed by atoms with Crippen molar-refractivity contribution >= 4 is 11.8 Å². The van der Waals surface area contributed by atoms with Gasteiger partial charge in [0.1, 0.15) is 5.54 Å². The first-order valence-electron chi connectivity index (χ1n) is 5.48. The van der Waals surface area contributed by atoms with E-state index in [4.69, 9.17) is 15.3 Å². The Morgan fingerprint density at radius 3 is 2.35 bits per heavy atom. The van der Waals surface area contributed by atoms with E-state index in [9.17, 15) is 9.59 Å². The van der Waals surface area contributed by atoms with Crippen LogP contribution >= 0.6 is 0 Å². The highest BCUT2D eigenvalue weighted by atomic mass is 16.3. The molecule has 1 rings (SSSR count). The summed E-state index contributed by atoms with van der Waals surface area (Å²) in [5, 5.41) is 32.2. The summed E-state index contributed by atoms with van der Waals surface area (Å²) in [6.07, 6.45) is 0.707. The average Bonchev–Trinajstić information content (AvgIpc) is 2.37. The number of amides is 2. The molecule has 1 heterocycles. The van der Waals surface area contributed by atoms with Gasteiger partial charge in [-0.15, -0.1) is 0 Å². The maximum Gasteiger partial charge on any atom is 0.225 e. The molecule has 1 aliphatic heterocycles. The lowest BCUT2D eigenvalue weighted by Gasteiger charge is -2.31. The van der Waals surface area contributed by atoms with Gasteiger partial charge in [0.25, 0.3) is 0 Å². The molecule has 1 unspecified atom stereocenters.